The number of phosphoric ester groups is 1. The molecule has 0 saturated carbocycles. The quantitative estimate of drug-likeness (QED) is 0.0239. The van der Waals surface area contributed by atoms with Gasteiger partial charge in [-0.15, -0.1) is 0 Å². The Labute approximate surface area is 365 Å². The summed E-state index contributed by atoms with van der Waals surface area (Å²) in [6.07, 6.45) is 59.4. The highest BCUT2D eigenvalue weighted by Gasteiger charge is 2.23. The van der Waals surface area contributed by atoms with Crippen molar-refractivity contribution >= 4 is 19.7 Å². The third-order valence-electron chi connectivity index (χ3n) is 9.28. The van der Waals surface area contributed by atoms with Crippen LogP contribution in [-0.4, -0.2) is 54.3 Å². The van der Waals surface area contributed by atoms with Gasteiger partial charge in [-0.2, -0.15) is 0 Å². The van der Waals surface area contributed by atoms with Crippen LogP contribution in [0.1, 0.15) is 174 Å². The monoisotopic (exact) mass is 858 g/mol. The molecule has 0 radical (unpaired) electrons. The maximum atomic E-state index is 12.1. The van der Waals surface area contributed by atoms with Crippen molar-refractivity contribution in [2.24, 2.45) is 0 Å². The van der Waals surface area contributed by atoms with Crippen LogP contribution in [0.15, 0.2) is 97.2 Å². The Balaban J connectivity index is 3.74. The molecule has 0 fully saturated rings. The van der Waals surface area contributed by atoms with Crippen LogP contribution in [0, 0.1) is 0 Å². The Morgan fingerprint density at radius 3 is 1.47 bits per heavy atom. The number of unbranched alkanes of at least 4 members (excludes halogenated alkanes) is 14. The summed E-state index contributed by atoms with van der Waals surface area (Å²) >= 11 is 0. The molecule has 0 aromatic rings. The van der Waals surface area contributed by atoms with Crippen LogP contribution in [0.5, 0.6) is 0 Å². The van der Waals surface area contributed by atoms with Gasteiger partial charge in [-0.3, -0.25) is 18.6 Å². The number of hydrogen-bond donors (Lipinski definition) is 3. The van der Waals surface area contributed by atoms with Gasteiger partial charge in [0.05, 0.1) is 19.6 Å². The number of hydrogen-bond acceptors (Lipinski definition) is 7. The van der Waals surface area contributed by atoms with Gasteiger partial charge in [-0.1, -0.05) is 182 Å². The summed E-state index contributed by atoms with van der Waals surface area (Å²) in [5.41, 5.74) is 0. The number of ether oxygens (including phenoxy) is 1. The van der Waals surface area contributed by atoms with Gasteiger partial charge >= 0.3 is 13.8 Å². The first-order chi connectivity index (χ1) is 29.3. The van der Waals surface area contributed by atoms with Crippen molar-refractivity contribution in [2.45, 2.75) is 180 Å². The zero-order chi connectivity index (χ0) is 43.9. The number of aliphatic hydroxyl groups excluding tert-OH is 1. The number of rotatable bonds is 42. The van der Waals surface area contributed by atoms with Crippen molar-refractivity contribution in [2.75, 3.05) is 26.4 Å². The number of allylic oxidation sites excluding steroid dienone is 15. The van der Waals surface area contributed by atoms with E-state index in [2.05, 4.69) is 98.2 Å². The molecule has 0 aliphatic heterocycles. The Bertz CT molecular complexity index is 1300. The highest BCUT2D eigenvalue weighted by atomic mass is 31.2. The standard InChI is InChI=1S/C50H84NO8P/c1-3-5-7-9-11-13-15-17-19-21-23-24-25-27-29-31-33-35-37-39-41-43-50(54)57-46-48(52)47-59-60(55,56)58-45-44-51-49(53)42-40-38-36-34-32-30-28-26-22-20-18-16-14-12-10-8-6-4-2/h5,7,11,13,17,19-20,22-24,27,29,33,35,39,41,48,52H,3-4,6,8-10,12,14-16,18,21,25-26,28,30-32,34,36-38,40,42-47H2,1-2H3,(H,51,53)(H,55,56)/b7-5-,13-11-,19-17-,22-20-,24-23-,29-27-,35-33-,41-39-. The van der Waals surface area contributed by atoms with Crippen LogP contribution >= 0.6 is 7.82 Å². The largest absolute Gasteiger partial charge is 0.472 e. The molecule has 10 heteroatoms. The molecule has 9 nitrogen and oxygen atoms in total. The van der Waals surface area contributed by atoms with Crippen LogP contribution in [-0.2, 0) is 27.9 Å². The average Bonchev–Trinajstić information content (AvgIpc) is 3.23. The summed E-state index contributed by atoms with van der Waals surface area (Å²) in [7, 11) is -4.45. The fraction of sp³-hybridized carbons (Fsp3) is 0.640. The molecule has 0 aliphatic carbocycles. The topological polar surface area (TPSA) is 131 Å². The molecule has 2 atom stereocenters. The maximum absolute atomic E-state index is 12.1. The van der Waals surface area contributed by atoms with Gasteiger partial charge in [0, 0.05) is 13.0 Å². The number of carbonyl (C=O) groups is 2. The third kappa shape index (κ3) is 46.0. The molecule has 3 N–H and O–H groups in total. The summed E-state index contributed by atoms with van der Waals surface area (Å²) in [6, 6.07) is 0. The Hall–Kier alpha value is -3.07. The average molecular weight is 858 g/mol. The molecule has 0 rings (SSSR count). The molecule has 1 amide bonds. The first-order valence-electron chi connectivity index (χ1n) is 23.2. The van der Waals surface area contributed by atoms with E-state index >= 15 is 0 Å². The number of aliphatic hydroxyl groups is 1. The highest BCUT2D eigenvalue weighted by molar-refractivity contribution is 7.47. The first kappa shape index (κ1) is 56.9. The van der Waals surface area contributed by atoms with Crippen LogP contribution in [0.4, 0.5) is 0 Å². The molecule has 0 aromatic carbocycles. The van der Waals surface area contributed by atoms with Crippen LogP contribution < -0.4 is 5.32 Å². The molecule has 0 bridgehead atoms. The molecule has 0 heterocycles. The van der Waals surface area contributed by atoms with Gasteiger partial charge in [0.1, 0.15) is 12.7 Å². The van der Waals surface area contributed by atoms with Crippen molar-refractivity contribution in [3.05, 3.63) is 97.2 Å². The van der Waals surface area contributed by atoms with E-state index in [1.54, 1.807) is 6.08 Å². The van der Waals surface area contributed by atoms with Crippen molar-refractivity contribution in [1.82, 2.24) is 5.32 Å². The lowest BCUT2D eigenvalue weighted by molar-refractivity contribution is -0.146. The molecule has 342 valence electrons. The van der Waals surface area contributed by atoms with E-state index in [4.69, 9.17) is 13.8 Å². The highest BCUT2D eigenvalue weighted by Crippen LogP contribution is 2.42. The van der Waals surface area contributed by atoms with Crippen LogP contribution in [0.3, 0.4) is 0 Å². The van der Waals surface area contributed by atoms with E-state index in [0.717, 1.165) is 57.8 Å². The second-order valence-corrected chi connectivity index (χ2v) is 16.5. The first-order valence-corrected chi connectivity index (χ1v) is 24.7. The predicted octanol–water partition coefficient (Wildman–Crippen LogP) is 13.4. The van der Waals surface area contributed by atoms with E-state index in [0.29, 0.717) is 12.8 Å². The summed E-state index contributed by atoms with van der Waals surface area (Å²) in [5.74, 6) is -0.661. The second kappa shape index (κ2) is 45.5. The number of esters is 1. The molecule has 0 saturated heterocycles. The molecule has 0 aliphatic rings. The van der Waals surface area contributed by atoms with E-state index in [1.165, 1.54) is 83.5 Å². The zero-order valence-electron chi connectivity index (χ0n) is 37.6. The minimum absolute atomic E-state index is 0.0429. The fourth-order valence-corrected chi connectivity index (χ4v) is 6.57. The summed E-state index contributed by atoms with van der Waals surface area (Å²) in [5, 5.41) is 12.7. The van der Waals surface area contributed by atoms with Gasteiger partial charge in [0.15, 0.2) is 0 Å². The molecular formula is C50H84NO8P. The summed E-state index contributed by atoms with van der Waals surface area (Å²) < 4.78 is 26.8. The van der Waals surface area contributed by atoms with Gasteiger partial charge < -0.3 is 20.1 Å². The SMILES string of the molecule is CC/C=C\C/C=C\C/C=C\C/C=C\C/C=C\C/C=C\C/C=C\CC(=O)OCC(O)COP(=O)(O)OCCNC(=O)CCCCCCCCC/C=C\CCCCCCCCC. The second-order valence-electron chi connectivity index (χ2n) is 15.0. The molecule has 0 spiro atoms. The van der Waals surface area contributed by atoms with Crippen LogP contribution in [0.2, 0.25) is 0 Å². The van der Waals surface area contributed by atoms with Crippen LogP contribution in [0.25, 0.3) is 0 Å². The third-order valence-corrected chi connectivity index (χ3v) is 10.3. The summed E-state index contributed by atoms with van der Waals surface area (Å²) in [4.78, 5) is 33.9. The lowest BCUT2D eigenvalue weighted by atomic mass is 10.1. The molecule has 2 unspecified atom stereocenters. The summed E-state index contributed by atoms with van der Waals surface area (Å²) in [6.45, 7) is 3.31. The van der Waals surface area contributed by atoms with Gasteiger partial charge in [0.2, 0.25) is 5.91 Å². The Kier molecular flexibility index (Phi) is 43.1. The number of nitrogens with one attached hydrogen (secondary N) is 1. The zero-order valence-corrected chi connectivity index (χ0v) is 38.5. The van der Waals surface area contributed by atoms with E-state index in [1.807, 2.05) is 12.2 Å². The molecule has 60 heavy (non-hydrogen) atoms. The van der Waals surface area contributed by atoms with E-state index < -0.39 is 26.5 Å². The number of carbonyl (C=O) groups excluding carboxylic acids is 2. The number of phosphoric acid groups is 1. The van der Waals surface area contributed by atoms with Gasteiger partial charge in [-0.25, -0.2) is 4.57 Å². The van der Waals surface area contributed by atoms with Crippen molar-refractivity contribution in [1.29, 1.82) is 0 Å². The minimum atomic E-state index is -4.45. The number of amides is 1. The molecular weight excluding hydrogens is 774 g/mol. The Morgan fingerprint density at radius 2 is 0.983 bits per heavy atom. The lowest BCUT2D eigenvalue weighted by Crippen LogP contribution is -2.27. The fourth-order valence-electron chi connectivity index (χ4n) is 5.81. The van der Waals surface area contributed by atoms with Crippen molar-refractivity contribution < 1.29 is 37.9 Å². The van der Waals surface area contributed by atoms with Gasteiger partial charge in [-0.05, 0) is 77.0 Å². The lowest BCUT2D eigenvalue weighted by Gasteiger charge is -2.15. The van der Waals surface area contributed by atoms with Gasteiger partial charge in [0.25, 0.3) is 0 Å². The van der Waals surface area contributed by atoms with Crippen molar-refractivity contribution in [3.63, 3.8) is 0 Å². The smallest absolute Gasteiger partial charge is 0.463 e. The molecule has 0 aromatic heterocycles. The van der Waals surface area contributed by atoms with E-state index in [-0.39, 0.29) is 32.1 Å². The minimum Gasteiger partial charge on any atom is -0.463 e. The van der Waals surface area contributed by atoms with Crippen molar-refractivity contribution in [3.8, 4) is 0 Å². The predicted molar refractivity (Wildman–Crippen MR) is 252 cm³/mol. The van der Waals surface area contributed by atoms with E-state index in [9.17, 15) is 24.2 Å². The normalized spacial score (nSPS) is 14.1. The Morgan fingerprint density at radius 1 is 0.550 bits per heavy atom. The maximum Gasteiger partial charge on any atom is 0.472 e.